The summed E-state index contributed by atoms with van der Waals surface area (Å²) in [5.41, 5.74) is 2.62. The number of nitrogens with zero attached hydrogens (tertiary/aromatic N) is 3. The molecule has 96 valence electrons. The Kier molecular flexibility index (Phi) is 4.51. The average Bonchev–Trinajstić information content (AvgIpc) is 2.80. The van der Waals surface area contributed by atoms with E-state index in [1.807, 2.05) is 11.0 Å². The summed E-state index contributed by atoms with van der Waals surface area (Å²) in [4.78, 5) is 0. The monoisotopic (exact) mass is 244 g/mol. The van der Waals surface area contributed by atoms with Gasteiger partial charge in [0.25, 0.3) is 6.33 Å². The van der Waals surface area contributed by atoms with Crippen LogP contribution in [0.5, 0.6) is 0 Å². The van der Waals surface area contributed by atoms with Crippen LogP contribution in [0.1, 0.15) is 37.3 Å². The summed E-state index contributed by atoms with van der Waals surface area (Å²) in [7, 11) is 0. The van der Waals surface area contributed by atoms with Crippen molar-refractivity contribution in [3.8, 4) is 0 Å². The molecule has 0 aliphatic rings. The Balaban J connectivity index is 1.91. The van der Waals surface area contributed by atoms with Crippen LogP contribution in [0.4, 0.5) is 0 Å². The third-order valence-corrected chi connectivity index (χ3v) is 3.11. The molecule has 2 rings (SSSR count). The van der Waals surface area contributed by atoms with Crippen LogP contribution in [0.3, 0.4) is 0 Å². The van der Waals surface area contributed by atoms with Crippen molar-refractivity contribution in [2.75, 3.05) is 0 Å². The maximum Gasteiger partial charge on any atom is 0.265 e. The van der Waals surface area contributed by atoms with Gasteiger partial charge in [0.1, 0.15) is 6.54 Å². The zero-order chi connectivity index (χ0) is 12.8. The molecule has 0 bridgehead atoms. The molecule has 0 saturated carbocycles. The van der Waals surface area contributed by atoms with Crippen molar-refractivity contribution < 1.29 is 4.57 Å². The second-order valence-corrected chi connectivity index (χ2v) is 4.87. The molecule has 0 atom stereocenters. The van der Waals surface area contributed by atoms with Gasteiger partial charge < -0.3 is 0 Å². The van der Waals surface area contributed by atoms with Crippen LogP contribution in [0.2, 0.25) is 0 Å². The molecule has 2 aromatic rings. The van der Waals surface area contributed by atoms with Crippen LogP contribution < -0.4 is 4.57 Å². The summed E-state index contributed by atoms with van der Waals surface area (Å²) < 4.78 is 4.17. The van der Waals surface area contributed by atoms with Gasteiger partial charge in [0.15, 0.2) is 0 Å². The van der Waals surface area contributed by atoms with Crippen molar-refractivity contribution in [2.24, 2.45) is 0 Å². The van der Waals surface area contributed by atoms with Gasteiger partial charge in [-0.25, -0.2) is 4.57 Å². The summed E-state index contributed by atoms with van der Waals surface area (Å²) in [6, 6.07) is 8.66. The van der Waals surface area contributed by atoms with Gasteiger partial charge in [-0.05, 0) is 18.9 Å². The predicted octanol–water partition coefficient (Wildman–Crippen LogP) is 2.72. The van der Waals surface area contributed by atoms with Crippen LogP contribution in [0.15, 0.2) is 36.9 Å². The fourth-order valence-electron chi connectivity index (χ4n) is 1.99. The zero-order valence-electron chi connectivity index (χ0n) is 11.3. The third kappa shape index (κ3) is 3.69. The Morgan fingerprint density at radius 2 is 1.94 bits per heavy atom. The second-order valence-electron chi connectivity index (χ2n) is 4.87. The number of unbranched alkanes of at least 4 members (excludes halogenated alkanes) is 2. The van der Waals surface area contributed by atoms with E-state index in [0.29, 0.717) is 0 Å². The molecule has 1 heterocycles. The van der Waals surface area contributed by atoms with E-state index in [0.717, 1.165) is 13.1 Å². The molecule has 0 fully saturated rings. The first-order valence-corrected chi connectivity index (χ1v) is 6.75. The minimum atomic E-state index is 0.897. The van der Waals surface area contributed by atoms with Crippen LogP contribution in [-0.4, -0.2) is 9.78 Å². The van der Waals surface area contributed by atoms with Gasteiger partial charge in [0.2, 0.25) is 6.33 Å². The normalized spacial score (nSPS) is 10.8. The van der Waals surface area contributed by atoms with E-state index >= 15 is 0 Å². The SMILES string of the molecule is CCCCCn1c[n+](Cc2ccc(C)cc2)cn1. The summed E-state index contributed by atoms with van der Waals surface area (Å²) >= 11 is 0. The topological polar surface area (TPSA) is 21.7 Å². The lowest BCUT2D eigenvalue weighted by molar-refractivity contribution is -0.689. The van der Waals surface area contributed by atoms with Gasteiger partial charge >= 0.3 is 0 Å². The van der Waals surface area contributed by atoms with Crippen molar-refractivity contribution in [1.82, 2.24) is 9.78 Å². The smallest absolute Gasteiger partial charge is 0.233 e. The van der Waals surface area contributed by atoms with Crippen LogP contribution in [0.25, 0.3) is 0 Å². The van der Waals surface area contributed by atoms with Crippen LogP contribution >= 0.6 is 0 Å². The standard InChI is InChI=1S/C15H22N3/c1-3-4-5-10-18-13-17(12-16-18)11-15-8-6-14(2)7-9-15/h6-9,12-13H,3-5,10-11H2,1-2H3/q+1. The predicted molar refractivity (Wildman–Crippen MR) is 72.2 cm³/mol. The van der Waals surface area contributed by atoms with E-state index in [-0.39, 0.29) is 0 Å². The fraction of sp³-hybridized carbons (Fsp3) is 0.467. The van der Waals surface area contributed by atoms with E-state index in [1.54, 1.807) is 0 Å². The highest BCUT2D eigenvalue weighted by Gasteiger charge is 2.05. The van der Waals surface area contributed by atoms with Crippen molar-refractivity contribution in [1.29, 1.82) is 0 Å². The van der Waals surface area contributed by atoms with Crippen molar-refractivity contribution in [2.45, 2.75) is 46.2 Å². The maximum absolute atomic E-state index is 4.38. The van der Waals surface area contributed by atoms with Gasteiger partial charge in [-0.3, -0.25) is 0 Å². The lowest BCUT2D eigenvalue weighted by Gasteiger charge is -1.98. The lowest BCUT2D eigenvalue weighted by Crippen LogP contribution is -2.31. The Labute approximate surface area is 109 Å². The fourth-order valence-corrected chi connectivity index (χ4v) is 1.99. The number of hydrogen-bond donors (Lipinski definition) is 0. The minimum Gasteiger partial charge on any atom is -0.233 e. The Bertz CT molecular complexity index is 471. The Hall–Kier alpha value is -1.64. The number of aryl methyl sites for hydroxylation is 2. The van der Waals surface area contributed by atoms with Gasteiger partial charge in [-0.15, -0.1) is 4.68 Å². The van der Waals surface area contributed by atoms with E-state index in [4.69, 9.17) is 0 Å². The van der Waals surface area contributed by atoms with E-state index < -0.39 is 0 Å². The zero-order valence-corrected chi connectivity index (χ0v) is 11.3. The lowest BCUT2D eigenvalue weighted by atomic mass is 10.1. The van der Waals surface area contributed by atoms with Crippen molar-refractivity contribution in [3.05, 3.63) is 48.0 Å². The molecule has 0 aliphatic carbocycles. The van der Waals surface area contributed by atoms with E-state index in [1.165, 1.54) is 30.4 Å². The van der Waals surface area contributed by atoms with Crippen molar-refractivity contribution in [3.63, 3.8) is 0 Å². The molecule has 0 unspecified atom stereocenters. The number of benzene rings is 1. The molecule has 0 saturated heterocycles. The molecule has 0 spiro atoms. The molecule has 1 aromatic carbocycles. The summed E-state index contributed by atoms with van der Waals surface area (Å²) in [6.07, 6.45) is 7.74. The summed E-state index contributed by atoms with van der Waals surface area (Å²) in [5.74, 6) is 0. The van der Waals surface area contributed by atoms with Gasteiger partial charge in [0, 0.05) is 5.10 Å². The van der Waals surface area contributed by atoms with Crippen LogP contribution in [-0.2, 0) is 13.1 Å². The molecule has 0 N–H and O–H groups in total. The highest BCUT2D eigenvalue weighted by Crippen LogP contribution is 2.02. The number of rotatable bonds is 6. The molecule has 3 nitrogen and oxygen atoms in total. The molecule has 18 heavy (non-hydrogen) atoms. The quantitative estimate of drug-likeness (QED) is 0.565. The van der Waals surface area contributed by atoms with Crippen molar-refractivity contribution >= 4 is 0 Å². The molecule has 1 aromatic heterocycles. The van der Waals surface area contributed by atoms with Gasteiger partial charge in [-0.1, -0.05) is 49.6 Å². The highest BCUT2D eigenvalue weighted by atomic mass is 15.3. The second kappa shape index (κ2) is 6.34. The van der Waals surface area contributed by atoms with Gasteiger partial charge in [-0.2, -0.15) is 0 Å². The third-order valence-electron chi connectivity index (χ3n) is 3.11. The largest absolute Gasteiger partial charge is 0.265 e. The minimum absolute atomic E-state index is 0.897. The summed E-state index contributed by atoms with van der Waals surface area (Å²) in [6.45, 7) is 6.26. The maximum atomic E-state index is 4.38. The molecular formula is C15H22N3+. The number of aromatic nitrogens is 3. The molecule has 3 heteroatoms. The number of hydrogen-bond acceptors (Lipinski definition) is 1. The Morgan fingerprint density at radius 3 is 2.67 bits per heavy atom. The molecule has 0 amide bonds. The molecule has 0 radical (unpaired) electrons. The van der Waals surface area contributed by atoms with E-state index in [2.05, 4.69) is 54.1 Å². The van der Waals surface area contributed by atoms with Crippen LogP contribution in [0, 0.1) is 6.92 Å². The first kappa shape index (κ1) is 12.8. The first-order chi connectivity index (χ1) is 8.78. The van der Waals surface area contributed by atoms with E-state index in [9.17, 15) is 0 Å². The molecular weight excluding hydrogens is 222 g/mol. The first-order valence-electron chi connectivity index (χ1n) is 6.75. The average molecular weight is 244 g/mol. The summed E-state index contributed by atoms with van der Waals surface area (Å²) in [5, 5.41) is 4.38. The highest BCUT2D eigenvalue weighted by molar-refractivity contribution is 5.20. The Morgan fingerprint density at radius 1 is 1.17 bits per heavy atom. The van der Waals surface area contributed by atoms with Gasteiger partial charge in [0.05, 0.1) is 6.54 Å². The molecule has 0 aliphatic heterocycles.